The molecule has 0 aliphatic rings. The first-order chi connectivity index (χ1) is 12.3. The van der Waals surface area contributed by atoms with Crippen LogP contribution < -0.4 is 5.32 Å². The number of hydrogen-bond acceptors (Lipinski definition) is 5. The summed E-state index contributed by atoms with van der Waals surface area (Å²) in [5.74, 6) is -1.63. The first-order valence-corrected chi connectivity index (χ1v) is 9.01. The first-order valence-electron chi connectivity index (χ1n) is 8.20. The second-order valence-corrected chi connectivity index (χ2v) is 7.58. The lowest BCUT2D eigenvalue weighted by Gasteiger charge is -2.17. The zero-order valence-electron chi connectivity index (χ0n) is 15.2. The predicted molar refractivity (Wildman–Crippen MR) is 103 cm³/mol. The van der Waals surface area contributed by atoms with Gasteiger partial charge in [-0.1, -0.05) is 30.3 Å². The van der Waals surface area contributed by atoms with Crippen molar-refractivity contribution in [3.63, 3.8) is 0 Å². The molecular weight excluding hydrogens is 350 g/mol. The smallest absolute Gasteiger partial charge is 0.447 e. The summed E-state index contributed by atoms with van der Waals surface area (Å²) in [4.78, 5) is 29.1. The van der Waals surface area contributed by atoms with Crippen LogP contribution in [0.3, 0.4) is 0 Å². The molecule has 0 bridgehead atoms. The summed E-state index contributed by atoms with van der Waals surface area (Å²) in [7, 11) is 0. The van der Waals surface area contributed by atoms with Gasteiger partial charge in [0.25, 0.3) is 5.78 Å². The van der Waals surface area contributed by atoms with Gasteiger partial charge < -0.3 is 15.6 Å². The molecule has 0 saturated carbocycles. The first kappa shape index (κ1) is 19.6. The third-order valence-electron chi connectivity index (χ3n) is 3.27. The quantitative estimate of drug-likeness (QED) is 0.207. The standard InChI is InChI=1S/C19H21N3O3S/c1-5-21-13-11-14(12-9-7-6-8-10-12)26-17(13)16(23)15(22-20)18(24)25-19(2,3)4/h6-11,21H,5H2,1-4H3. The van der Waals surface area contributed by atoms with Crippen molar-refractivity contribution in [2.75, 3.05) is 11.9 Å². The number of hydrogen-bond donors (Lipinski definition) is 1. The second kappa shape index (κ2) is 8.08. The van der Waals surface area contributed by atoms with Gasteiger partial charge in [-0.3, -0.25) is 4.79 Å². The number of nitrogens with zero attached hydrogens (tertiary/aromatic N) is 2. The van der Waals surface area contributed by atoms with Crippen molar-refractivity contribution in [1.29, 1.82) is 0 Å². The maximum Gasteiger partial charge on any atom is 0.447 e. The molecule has 0 amide bonds. The van der Waals surface area contributed by atoms with E-state index in [1.807, 2.05) is 43.3 Å². The van der Waals surface area contributed by atoms with E-state index in [1.54, 1.807) is 20.8 Å². The fourth-order valence-corrected chi connectivity index (χ4v) is 3.32. The molecule has 0 atom stereocenters. The molecule has 0 unspecified atom stereocenters. The average Bonchev–Trinajstić information content (AvgIpc) is 2.99. The molecular formula is C19H21N3O3S. The van der Waals surface area contributed by atoms with Crippen LogP contribution in [-0.2, 0) is 9.53 Å². The monoisotopic (exact) mass is 371 g/mol. The minimum Gasteiger partial charge on any atom is -0.451 e. The highest BCUT2D eigenvalue weighted by molar-refractivity contribution is 7.19. The van der Waals surface area contributed by atoms with Crippen LogP contribution in [0.5, 0.6) is 0 Å². The van der Waals surface area contributed by atoms with Crippen LogP contribution in [0.4, 0.5) is 5.69 Å². The summed E-state index contributed by atoms with van der Waals surface area (Å²) < 4.78 is 5.16. The van der Waals surface area contributed by atoms with Crippen molar-refractivity contribution in [2.24, 2.45) is 0 Å². The molecule has 1 aromatic carbocycles. The number of Topliss-reactive ketones (excluding diaryl/α,β-unsaturated/α-hetero) is 1. The van der Waals surface area contributed by atoms with Crippen LogP contribution in [0.25, 0.3) is 16.0 Å². The minimum absolute atomic E-state index is 0.296. The Labute approximate surface area is 156 Å². The van der Waals surface area contributed by atoms with Crippen LogP contribution in [0, 0.1) is 0 Å². The Bertz CT molecular complexity index is 860. The Balaban J connectivity index is 2.42. The van der Waals surface area contributed by atoms with Crippen LogP contribution >= 0.6 is 11.3 Å². The molecule has 0 spiro atoms. The molecule has 2 rings (SSSR count). The van der Waals surface area contributed by atoms with Gasteiger partial charge in [-0.25, -0.2) is 4.79 Å². The largest absolute Gasteiger partial charge is 0.451 e. The van der Waals surface area contributed by atoms with E-state index in [1.165, 1.54) is 11.3 Å². The fourth-order valence-electron chi connectivity index (χ4n) is 2.24. The topological polar surface area (TPSA) is 91.8 Å². The van der Waals surface area contributed by atoms with E-state index in [0.29, 0.717) is 17.1 Å². The Morgan fingerprint density at radius 3 is 2.42 bits per heavy atom. The lowest BCUT2D eigenvalue weighted by Crippen LogP contribution is -2.33. The number of carbonyl (C=O) groups is 2. The molecule has 6 nitrogen and oxygen atoms in total. The third-order valence-corrected chi connectivity index (χ3v) is 4.45. The highest BCUT2D eigenvalue weighted by atomic mass is 32.1. The van der Waals surface area contributed by atoms with Crippen molar-refractivity contribution in [3.8, 4) is 10.4 Å². The van der Waals surface area contributed by atoms with Crippen LogP contribution in [0.2, 0.25) is 0 Å². The maximum absolute atomic E-state index is 12.8. The third kappa shape index (κ3) is 4.65. The van der Waals surface area contributed by atoms with Gasteiger partial charge in [-0.15, -0.1) is 11.3 Å². The van der Waals surface area contributed by atoms with Gasteiger partial charge in [0.1, 0.15) is 10.5 Å². The van der Waals surface area contributed by atoms with E-state index in [0.717, 1.165) is 10.4 Å². The van der Waals surface area contributed by atoms with Crippen molar-refractivity contribution in [3.05, 3.63) is 46.8 Å². The molecule has 1 aromatic heterocycles. The zero-order valence-corrected chi connectivity index (χ0v) is 16.0. The number of ketones is 1. The molecule has 26 heavy (non-hydrogen) atoms. The summed E-state index contributed by atoms with van der Waals surface area (Å²) in [6, 6.07) is 11.4. The summed E-state index contributed by atoms with van der Waals surface area (Å²) in [5.41, 5.74) is 9.32. The normalized spacial score (nSPS) is 10.8. The highest BCUT2D eigenvalue weighted by Crippen LogP contribution is 2.35. The molecule has 1 heterocycles. The molecule has 1 N–H and O–H groups in total. The summed E-state index contributed by atoms with van der Waals surface area (Å²) in [6.45, 7) is 7.53. The number of benzene rings is 1. The summed E-state index contributed by atoms with van der Waals surface area (Å²) >= 11 is 1.23. The van der Waals surface area contributed by atoms with Crippen molar-refractivity contribution >= 4 is 34.5 Å². The number of rotatable bonds is 6. The van der Waals surface area contributed by atoms with E-state index >= 15 is 0 Å². The lowest BCUT2D eigenvalue weighted by molar-refractivity contribution is -0.150. The maximum atomic E-state index is 12.8. The fraction of sp³-hybridized carbons (Fsp3) is 0.316. The predicted octanol–water partition coefficient (Wildman–Crippen LogP) is 4.04. The number of nitrogens with one attached hydrogen (secondary N) is 1. The molecule has 7 heteroatoms. The molecule has 0 fully saturated rings. The summed E-state index contributed by atoms with van der Waals surface area (Å²) in [6.07, 6.45) is 0. The lowest BCUT2D eigenvalue weighted by atomic mass is 10.1. The second-order valence-electron chi connectivity index (χ2n) is 6.53. The van der Waals surface area contributed by atoms with Gasteiger partial charge >= 0.3 is 11.7 Å². The van der Waals surface area contributed by atoms with Crippen LogP contribution in [0.15, 0.2) is 36.4 Å². The van der Waals surface area contributed by atoms with E-state index < -0.39 is 23.1 Å². The number of anilines is 1. The van der Waals surface area contributed by atoms with Gasteiger partial charge in [0.15, 0.2) is 0 Å². The van der Waals surface area contributed by atoms with E-state index in [4.69, 9.17) is 4.74 Å². The van der Waals surface area contributed by atoms with E-state index in [-0.39, 0.29) is 0 Å². The Morgan fingerprint density at radius 1 is 1.23 bits per heavy atom. The van der Waals surface area contributed by atoms with Crippen LogP contribution in [-0.4, -0.2) is 34.4 Å². The van der Waals surface area contributed by atoms with E-state index in [9.17, 15) is 15.1 Å². The van der Waals surface area contributed by atoms with Gasteiger partial charge in [0.2, 0.25) is 0 Å². The summed E-state index contributed by atoms with van der Waals surface area (Å²) in [5, 5.41) is 3.11. The number of esters is 1. The van der Waals surface area contributed by atoms with Gasteiger partial charge in [-0.2, -0.15) is 4.79 Å². The highest BCUT2D eigenvalue weighted by Gasteiger charge is 2.37. The number of thiophene rings is 1. The van der Waals surface area contributed by atoms with Gasteiger partial charge in [0.05, 0.1) is 5.69 Å². The molecule has 136 valence electrons. The van der Waals surface area contributed by atoms with Crippen molar-refractivity contribution < 1.29 is 19.1 Å². The average molecular weight is 371 g/mol. The number of ether oxygens (including phenoxy) is 1. The molecule has 0 saturated heterocycles. The SMILES string of the molecule is CCNc1cc(-c2ccccc2)sc1C(=O)C(=[N+]=[N-])C(=O)OC(C)(C)C. The number of carbonyl (C=O) groups excluding carboxylic acids is 2. The molecule has 0 radical (unpaired) electrons. The van der Waals surface area contributed by atoms with E-state index in [2.05, 4.69) is 10.1 Å². The molecule has 0 aliphatic heterocycles. The van der Waals surface area contributed by atoms with Crippen molar-refractivity contribution in [1.82, 2.24) is 0 Å². The molecule has 2 aromatic rings. The van der Waals surface area contributed by atoms with Gasteiger partial charge in [-0.05, 0) is 39.3 Å². The van der Waals surface area contributed by atoms with Crippen molar-refractivity contribution in [2.45, 2.75) is 33.3 Å². The Hall–Kier alpha value is -2.76. The molecule has 0 aliphatic carbocycles. The Kier molecular flexibility index (Phi) is 6.08. The minimum atomic E-state index is -0.956. The zero-order chi connectivity index (χ0) is 19.3. The Morgan fingerprint density at radius 2 is 1.88 bits per heavy atom. The van der Waals surface area contributed by atoms with Crippen LogP contribution in [0.1, 0.15) is 37.4 Å². The van der Waals surface area contributed by atoms with Gasteiger partial charge in [0, 0.05) is 11.4 Å².